The lowest BCUT2D eigenvalue weighted by Gasteiger charge is -2.13. The minimum atomic E-state index is -0.361. The summed E-state index contributed by atoms with van der Waals surface area (Å²) in [4.78, 5) is 25.6. The van der Waals surface area contributed by atoms with E-state index in [1.165, 1.54) is 7.11 Å². The molecule has 0 aromatic heterocycles. The number of azide groups is 1. The van der Waals surface area contributed by atoms with E-state index in [1.54, 1.807) is 12.1 Å². The highest BCUT2D eigenvalue weighted by molar-refractivity contribution is 5.99. The van der Waals surface area contributed by atoms with Crippen molar-refractivity contribution < 1.29 is 19.1 Å². The molecule has 0 spiro atoms. The summed E-state index contributed by atoms with van der Waals surface area (Å²) < 4.78 is 10.4. The van der Waals surface area contributed by atoms with Crippen molar-refractivity contribution in [3.05, 3.63) is 33.7 Å². The molecule has 0 atom stereocenters. The van der Waals surface area contributed by atoms with Gasteiger partial charge in [0.25, 0.3) is 0 Å². The van der Waals surface area contributed by atoms with Crippen molar-refractivity contribution in [2.75, 3.05) is 13.8 Å². The highest BCUT2D eigenvalue weighted by atomic mass is 16.5. The van der Waals surface area contributed by atoms with Gasteiger partial charge in [0.1, 0.15) is 0 Å². The normalized spacial score (nSPS) is 13.7. The maximum Gasteiger partial charge on any atom is 0.230 e. The molecule has 1 heterocycles. The van der Waals surface area contributed by atoms with E-state index in [9.17, 15) is 9.59 Å². The number of imide groups is 1. The first-order valence-corrected chi connectivity index (χ1v) is 5.80. The lowest BCUT2D eigenvalue weighted by Crippen LogP contribution is -2.30. The van der Waals surface area contributed by atoms with E-state index in [0.717, 1.165) is 0 Å². The van der Waals surface area contributed by atoms with Crippen molar-refractivity contribution in [1.29, 1.82) is 0 Å². The van der Waals surface area contributed by atoms with Gasteiger partial charge in [0.2, 0.25) is 11.8 Å². The molecule has 1 aliphatic rings. The van der Waals surface area contributed by atoms with Gasteiger partial charge in [-0.2, -0.15) is 0 Å². The molecule has 8 nitrogen and oxygen atoms in total. The van der Waals surface area contributed by atoms with Crippen LogP contribution < -0.4 is 14.8 Å². The number of fused-ring (bicyclic) bond motifs is 1. The number of benzene rings is 1. The molecule has 0 saturated carbocycles. The fraction of sp³-hybridized carbons (Fsp3) is 0.333. The molecule has 1 aliphatic heterocycles. The quantitative estimate of drug-likeness (QED) is 0.383. The van der Waals surface area contributed by atoms with Crippen LogP contribution in [0.5, 0.6) is 11.5 Å². The molecule has 0 saturated heterocycles. The van der Waals surface area contributed by atoms with Crippen molar-refractivity contribution in [3.8, 4) is 11.5 Å². The molecule has 20 heavy (non-hydrogen) atoms. The van der Waals surface area contributed by atoms with Crippen molar-refractivity contribution in [1.82, 2.24) is 5.32 Å². The zero-order valence-corrected chi connectivity index (χ0v) is 10.8. The van der Waals surface area contributed by atoms with Crippen LogP contribution in [0.2, 0.25) is 0 Å². The van der Waals surface area contributed by atoms with Crippen LogP contribution in [-0.4, -0.2) is 25.7 Å². The molecule has 2 rings (SSSR count). The van der Waals surface area contributed by atoms with Crippen LogP contribution in [0.15, 0.2) is 17.2 Å². The summed E-state index contributed by atoms with van der Waals surface area (Å²) in [5.74, 6) is 0.0679. The summed E-state index contributed by atoms with van der Waals surface area (Å²) in [5, 5.41) is 5.54. The van der Waals surface area contributed by atoms with Gasteiger partial charge in [0.05, 0.1) is 20.0 Å². The smallest absolute Gasteiger partial charge is 0.230 e. The third kappa shape index (κ3) is 2.99. The molecule has 104 valence electrons. The average molecular weight is 276 g/mol. The largest absolute Gasteiger partial charge is 0.493 e. The minimum absolute atomic E-state index is 0.0863. The van der Waals surface area contributed by atoms with Crippen molar-refractivity contribution in [2.24, 2.45) is 5.11 Å². The second-order valence-electron chi connectivity index (χ2n) is 4.10. The zero-order valence-electron chi connectivity index (χ0n) is 10.8. The maximum atomic E-state index is 11.5. The van der Waals surface area contributed by atoms with Crippen molar-refractivity contribution in [3.63, 3.8) is 0 Å². The molecule has 0 bridgehead atoms. The number of rotatable bonds is 4. The van der Waals surface area contributed by atoms with Gasteiger partial charge < -0.3 is 9.47 Å². The highest BCUT2D eigenvalue weighted by Crippen LogP contribution is 2.32. The van der Waals surface area contributed by atoms with E-state index in [2.05, 4.69) is 15.3 Å². The Morgan fingerprint density at radius 3 is 2.40 bits per heavy atom. The van der Waals surface area contributed by atoms with E-state index < -0.39 is 0 Å². The number of methoxy groups -OCH3 is 1. The summed E-state index contributed by atoms with van der Waals surface area (Å²) in [7, 11) is 1.46. The molecule has 2 amide bonds. The Balaban J connectivity index is 2.37. The van der Waals surface area contributed by atoms with Crippen molar-refractivity contribution in [2.45, 2.75) is 12.8 Å². The maximum absolute atomic E-state index is 11.5. The monoisotopic (exact) mass is 276 g/mol. The van der Waals surface area contributed by atoms with Crippen LogP contribution in [-0.2, 0) is 22.4 Å². The molecule has 1 N–H and O–H groups in total. The Kier molecular flexibility index (Phi) is 4.07. The van der Waals surface area contributed by atoms with Crippen LogP contribution >= 0.6 is 0 Å². The van der Waals surface area contributed by atoms with Gasteiger partial charge in [0, 0.05) is 4.91 Å². The topological polar surface area (TPSA) is 113 Å². The Morgan fingerprint density at radius 1 is 1.25 bits per heavy atom. The van der Waals surface area contributed by atoms with Crippen LogP contribution in [0.3, 0.4) is 0 Å². The lowest BCUT2D eigenvalue weighted by atomic mass is 10.0. The molecule has 1 aromatic carbocycles. The Hall–Kier alpha value is -2.73. The first kappa shape index (κ1) is 13.7. The third-order valence-electron chi connectivity index (χ3n) is 2.81. The van der Waals surface area contributed by atoms with E-state index in [4.69, 9.17) is 15.0 Å². The van der Waals surface area contributed by atoms with Gasteiger partial charge in [0.15, 0.2) is 18.2 Å². The third-order valence-corrected chi connectivity index (χ3v) is 2.81. The van der Waals surface area contributed by atoms with Gasteiger partial charge in [-0.15, -0.1) is 0 Å². The number of carbonyl (C=O) groups excluding carboxylic acids is 2. The Bertz CT molecular complexity index is 608. The fourth-order valence-electron chi connectivity index (χ4n) is 1.96. The number of amides is 2. The van der Waals surface area contributed by atoms with E-state index in [0.29, 0.717) is 22.6 Å². The predicted molar refractivity (Wildman–Crippen MR) is 68.2 cm³/mol. The molecule has 8 heteroatoms. The van der Waals surface area contributed by atoms with E-state index >= 15 is 0 Å². The number of hydrogen-bond acceptors (Lipinski definition) is 5. The molecule has 0 fully saturated rings. The second kappa shape index (κ2) is 5.94. The van der Waals surface area contributed by atoms with E-state index in [-0.39, 0.29) is 31.4 Å². The summed E-state index contributed by atoms with van der Waals surface area (Å²) in [6, 6.07) is 3.28. The predicted octanol–water partition coefficient (Wildman–Crippen LogP) is 1.08. The first-order chi connectivity index (χ1) is 9.63. The van der Waals surface area contributed by atoms with Crippen molar-refractivity contribution >= 4 is 11.8 Å². The van der Waals surface area contributed by atoms with Gasteiger partial charge in [-0.25, -0.2) is 0 Å². The number of hydrogen-bond donors (Lipinski definition) is 1. The van der Waals surface area contributed by atoms with Crippen LogP contribution in [0.4, 0.5) is 0 Å². The van der Waals surface area contributed by atoms with Gasteiger partial charge in [-0.05, 0) is 28.8 Å². The number of ether oxygens (including phenoxy) is 2. The fourth-order valence-corrected chi connectivity index (χ4v) is 1.96. The van der Waals surface area contributed by atoms with Gasteiger partial charge in [-0.3, -0.25) is 14.9 Å². The van der Waals surface area contributed by atoms with Gasteiger partial charge >= 0.3 is 0 Å². The molecule has 0 unspecified atom stereocenters. The summed E-state index contributed by atoms with van der Waals surface area (Å²) >= 11 is 0. The number of nitrogens with one attached hydrogen (secondary N) is 1. The molecule has 0 radical (unpaired) electrons. The average Bonchev–Trinajstić information content (AvgIpc) is 2.54. The van der Waals surface area contributed by atoms with Crippen LogP contribution in [0.25, 0.3) is 10.4 Å². The standard InChI is InChI=1S/C12H12N4O4/c1-19-9-2-7-4-11(17)15-12(18)5-8(7)3-10(9)20-6-14-16-13/h2-3H,4-6H2,1H3,(H,15,17,18). The second-order valence-corrected chi connectivity index (χ2v) is 4.10. The lowest BCUT2D eigenvalue weighted by molar-refractivity contribution is -0.129. The number of nitrogens with zero attached hydrogens (tertiary/aromatic N) is 3. The minimum Gasteiger partial charge on any atom is -0.493 e. The van der Waals surface area contributed by atoms with Gasteiger partial charge in [-0.1, -0.05) is 5.11 Å². The molecular weight excluding hydrogens is 264 g/mol. The molecule has 1 aromatic rings. The highest BCUT2D eigenvalue weighted by Gasteiger charge is 2.21. The number of carbonyl (C=O) groups is 2. The Morgan fingerprint density at radius 2 is 1.85 bits per heavy atom. The first-order valence-electron chi connectivity index (χ1n) is 5.80. The van der Waals surface area contributed by atoms with Crippen LogP contribution in [0.1, 0.15) is 11.1 Å². The summed E-state index contributed by atoms with van der Waals surface area (Å²) in [6.45, 7) is -0.184. The molecule has 0 aliphatic carbocycles. The SMILES string of the molecule is COc1cc2c(cc1OCN=[N+]=[N-])CC(=O)NC(=O)C2. The summed E-state index contributed by atoms with van der Waals surface area (Å²) in [5.41, 5.74) is 9.62. The molecular formula is C12H12N4O4. The van der Waals surface area contributed by atoms with E-state index in [1.807, 2.05) is 0 Å². The Labute approximate surface area is 114 Å². The summed E-state index contributed by atoms with van der Waals surface area (Å²) in [6.07, 6.45) is 0.191. The zero-order chi connectivity index (χ0) is 14.5. The van der Waals surface area contributed by atoms with Crippen LogP contribution in [0, 0.1) is 0 Å².